The van der Waals surface area contributed by atoms with Gasteiger partial charge in [0.15, 0.2) is 0 Å². The molecule has 0 saturated carbocycles. The summed E-state index contributed by atoms with van der Waals surface area (Å²) >= 11 is 0. The van der Waals surface area contributed by atoms with Crippen LogP contribution in [0.15, 0.2) is 237 Å². The van der Waals surface area contributed by atoms with Crippen molar-refractivity contribution < 1.29 is 0 Å². The second kappa shape index (κ2) is 15.5. The van der Waals surface area contributed by atoms with Gasteiger partial charge in [0.25, 0.3) is 0 Å². The first kappa shape index (κ1) is 38.8. The standard InChI is InChI=1S/C61H39N3.C3H6/c1-3-14-45(15-4-1)62-56-21-11-9-19-49(56)52-34-39(24-29-58(52)62)41-26-31-60-54(36-41)55-37-42(27-32-61(55)64(60)47-28-23-44-33-43-13-7-8-18-48(43)51(44)38-47)40-25-30-59-53(35-40)50-20-10-12-22-57(50)63(59)46-16-5-2-6-17-46;1-3-2/h1-32,34-38H,33H2;3H,1H2,2H3. The van der Waals surface area contributed by atoms with Crippen LogP contribution in [0.3, 0.4) is 0 Å². The van der Waals surface area contributed by atoms with Gasteiger partial charge in [-0.15, -0.1) is 6.58 Å². The summed E-state index contributed by atoms with van der Waals surface area (Å²) in [6, 6.07) is 83.0. The van der Waals surface area contributed by atoms with Gasteiger partial charge in [0, 0.05) is 49.4 Å². The maximum absolute atomic E-state index is 3.36. The Morgan fingerprint density at radius 2 is 0.672 bits per heavy atom. The summed E-state index contributed by atoms with van der Waals surface area (Å²) in [5.74, 6) is 0. The van der Waals surface area contributed by atoms with Gasteiger partial charge >= 0.3 is 0 Å². The minimum absolute atomic E-state index is 0.981. The molecule has 0 amide bonds. The first-order valence-electron chi connectivity index (χ1n) is 23.2. The van der Waals surface area contributed by atoms with Crippen molar-refractivity contribution in [1.82, 2.24) is 13.7 Å². The lowest BCUT2D eigenvalue weighted by molar-refractivity contribution is 1.17. The van der Waals surface area contributed by atoms with Crippen LogP contribution < -0.4 is 0 Å². The third-order valence-corrected chi connectivity index (χ3v) is 13.8. The third kappa shape index (κ3) is 6.12. The molecule has 0 bridgehead atoms. The molecule has 316 valence electrons. The fourth-order valence-corrected chi connectivity index (χ4v) is 10.9. The highest BCUT2D eigenvalue weighted by Gasteiger charge is 2.22. The highest BCUT2D eigenvalue weighted by Crippen LogP contribution is 2.43. The van der Waals surface area contributed by atoms with Gasteiger partial charge in [-0.05, 0) is 155 Å². The van der Waals surface area contributed by atoms with Crippen LogP contribution in [0.4, 0.5) is 0 Å². The van der Waals surface area contributed by atoms with Crippen LogP contribution in [0.5, 0.6) is 0 Å². The fourth-order valence-electron chi connectivity index (χ4n) is 10.9. The molecule has 0 N–H and O–H groups in total. The summed E-state index contributed by atoms with van der Waals surface area (Å²) in [6.07, 6.45) is 2.73. The maximum Gasteiger partial charge on any atom is 0.0541 e. The van der Waals surface area contributed by atoms with Crippen LogP contribution >= 0.6 is 0 Å². The Hall–Kier alpha value is -8.66. The molecule has 67 heavy (non-hydrogen) atoms. The molecular formula is C64H45N3. The van der Waals surface area contributed by atoms with Crippen molar-refractivity contribution in [2.24, 2.45) is 0 Å². The van der Waals surface area contributed by atoms with E-state index in [9.17, 15) is 0 Å². The van der Waals surface area contributed by atoms with Crippen LogP contribution in [0.1, 0.15) is 18.1 Å². The summed E-state index contributed by atoms with van der Waals surface area (Å²) < 4.78 is 7.25. The fraction of sp³-hybridized carbons (Fsp3) is 0.0312. The third-order valence-electron chi connectivity index (χ3n) is 13.8. The smallest absolute Gasteiger partial charge is 0.0541 e. The predicted octanol–water partition coefficient (Wildman–Crippen LogP) is 17.1. The highest BCUT2D eigenvalue weighted by atomic mass is 15.0. The Morgan fingerprint density at radius 3 is 1.15 bits per heavy atom. The van der Waals surface area contributed by atoms with E-state index in [0.717, 1.165) is 6.42 Å². The van der Waals surface area contributed by atoms with Gasteiger partial charge in [0.05, 0.1) is 33.1 Å². The zero-order chi connectivity index (χ0) is 44.6. The molecule has 3 nitrogen and oxygen atoms in total. The molecule has 0 fully saturated rings. The van der Waals surface area contributed by atoms with Gasteiger partial charge in [0.1, 0.15) is 0 Å². The quantitative estimate of drug-likeness (QED) is 0.153. The molecule has 0 atom stereocenters. The molecule has 3 heterocycles. The topological polar surface area (TPSA) is 14.8 Å². The summed E-state index contributed by atoms with van der Waals surface area (Å²) in [7, 11) is 0. The summed E-state index contributed by atoms with van der Waals surface area (Å²) in [4.78, 5) is 0. The van der Waals surface area contributed by atoms with Crippen molar-refractivity contribution in [3.8, 4) is 50.4 Å². The monoisotopic (exact) mass is 855 g/mol. The molecule has 0 aliphatic heterocycles. The second-order valence-electron chi connectivity index (χ2n) is 17.7. The number of aromatic nitrogens is 3. The average Bonchev–Trinajstić information content (AvgIpc) is 4.12. The number of para-hydroxylation sites is 4. The van der Waals surface area contributed by atoms with Gasteiger partial charge in [-0.25, -0.2) is 0 Å². The summed E-state index contributed by atoms with van der Waals surface area (Å²) in [5, 5.41) is 7.50. The van der Waals surface area contributed by atoms with E-state index < -0.39 is 0 Å². The highest BCUT2D eigenvalue weighted by molar-refractivity contribution is 6.14. The molecule has 0 saturated heterocycles. The number of fused-ring (bicyclic) bond motifs is 12. The van der Waals surface area contributed by atoms with E-state index >= 15 is 0 Å². The molecule has 3 aromatic heterocycles. The molecule has 1 aliphatic carbocycles. The predicted molar refractivity (Wildman–Crippen MR) is 284 cm³/mol. The molecule has 13 aromatic rings. The molecule has 10 aromatic carbocycles. The van der Waals surface area contributed by atoms with E-state index in [1.807, 2.05) is 6.92 Å². The average molecular weight is 856 g/mol. The Labute approximate surface area is 389 Å². The molecule has 0 radical (unpaired) electrons. The molecule has 3 heteroatoms. The molecular weight excluding hydrogens is 811 g/mol. The van der Waals surface area contributed by atoms with E-state index in [4.69, 9.17) is 0 Å². The van der Waals surface area contributed by atoms with Crippen LogP contribution in [-0.4, -0.2) is 13.7 Å². The Morgan fingerprint density at radius 1 is 0.313 bits per heavy atom. The molecule has 1 aliphatic rings. The first-order valence-corrected chi connectivity index (χ1v) is 23.2. The van der Waals surface area contributed by atoms with Crippen molar-refractivity contribution in [2.45, 2.75) is 13.3 Å². The molecule has 14 rings (SSSR count). The lowest BCUT2D eigenvalue weighted by Gasteiger charge is -2.11. The van der Waals surface area contributed by atoms with E-state index in [0.29, 0.717) is 0 Å². The minimum Gasteiger partial charge on any atom is -0.309 e. The summed E-state index contributed by atoms with van der Waals surface area (Å²) in [6.45, 7) is 5.25. The zero-order valence-electron chi connectivity index (χ0n) is 37.2. The lowest BCUT2D eigenvalue weighted by atomic mass is 9.98. The zero-order valence-corrected chi connectivity index (χ0v) is 37.2. The number of hydrogen-bond donors (Lipinski definition) is 0. The molecule has 0 spiro atoms. The van der Waals surface area contributed by atoms with Crippen molar-refractivity contribution in [3.63, 3.8) is 0 Å². The van der Waals surface area contributed by atoms with Crippen molar-refractivity contribution in [3.05, 3.63) is 248 Å². The number of nitrogens with zero attached hydrogens (tertiary/aromatic N) is 3. The molecule has 0 unspecified atom stereocenters. The van der Waals surface area contributed by atoms with Gasteiger partial charge in [-0.3, -0.25) is 0 Å². The normalized spacial score (nSPS) is 12.0. The van der Waals surface area contributed by atoms with Crippen LogP contribution in [-0.2, 0) is 6.42 Å². The van der Waals surface area contributed by atoms with Crippen LogP contribution in [0.2, 0.25) is 0 Å². The first-order chi connectivity index (χ1) is 33.1. The minimum atomic E-state index is 0.981. The van der Waals surface area contributed by atoms with E-state index in [1.165, 1.54) is 127 Å². The van der Waals surface area contributed by atoms with Gasteiger partial charge in [-0.2, -0.15) is 0 Å². The van der Waals surface area contributed by atoms with Crippen molar-refractivity contribution in [2.75, 3.05) is 0 Å². The Balaban J connectivity index is 0.00000145. The van der Waals surface area contributed by atoms with Crippen LogP contribution in [0, 0.1) is 0 Å². The van der Waals surface area contributed by atoms with E-state index in [2.05, 4.69) is 245 Å². The van der Waals surface area contributed by atoms with Gasteiger partial charge in [0.2, 0.25) is 0 Å². The Bertz CT molecular complexity index is 3870. The number of allylic oxidation sites excluding steroid dienone is 1. The summed E-state index contributed by atoms with van der Waals surface area (Å²) in [5.41, 5.74) is 21.1. The second-order valence-corrected chi connectivity index (χ2v) is 17.7. The number of benzene rings is 10. The van der Waals surface area contributed by atoms with E-state index in [-0.39, 0.29) is 0 Å². The maximum atomic E-state index is 3.36. The van der Waals surface area contributed by atoms with Crippen molar-refractivity contribution in [1.29, 1.82) is 0 Å². The van der Waals surface area contributed by atoms with Gasteiger partial charge in [-0.1, -0.05) is 133 Å². The largest absolute Gasteiger partial charge is 0.309 e. The number of hydrogen-bond acceptors (Lipinski definition) is 0. The Kier molecular flexibility index (Phi) is 8.97. The number of rotatable bonds is 5. The van der Waals surface area contributed by atoms with Crippen LogP contribution in [0.25, 0.3) is 116 Å². The van der Waals surface area contributed by atoms with E-state index in [1.54, 1.807) is 6.08 Å². The van der Waals surface area contributed by atoms with Crippen molar-refractivity contribution >= 4 is 65.4 Å². The SMILES string of the molecule is C=CC.c1ccc(-n2c3ccccc3c3cc(-c4ccc5c(c4)c4cc(-c6ccc7c(c6)c6ccccc6n7-c6ccccc6)ccc4n5-c4ccc5c(c4)-c4ccccc4C5)ccc32)cc1. The van der Waals surface area contributed by atoms with Gasteiger partial charge < -0.3 is 13.7 Å². The lowest BCUT2D eigenvalue weighted by Crippen LogP contribution is -1.95.